The lowest BCUT2D eigenvalue weighted by Crippen LogP contribution is -2.62. The van der Waals surface area contributed by atoms with Crippen molar-refractivity contribution in [2.24, 2.45) is 0 Å². The number of carbonyl (C=O) groups excluding carboxylic acids is 2. The summed E-state index contributed by atoms with van der Waals surface area (Å²) in [5, 5.41) is 7.11. The van der Waals surface area contributed by atoms with E-state index >= 15 is 0 Å². The van der Waals surface area contributed by atoms with E-state index in [4.69, 9.17) is 9.47 Å². The van der Waals surface area contributed by atoms with Crippen LogP contribution in [0.15, 0.2) is 42.9 Å². The first-order chi connectivity index (χ1) is 16.9. The molecule has 1 unspecified atom stereocenters. The summed E-state index contributed by atoms with van der Waals surface area (Å²) in [5.41, 5.74) is 4.41. The third-order valence-electron chi connectivity index (χ3n) is 7.43. The summed E-state index contributed by atoms with van der Waals surface area (Å²) in [6.07, 6.45) is 7.16. The van der Waals surface area contributed by atoms with Gasteiger partial charge in [0, 0.05) is 50.2 Å². The maximum Gasteiger partial charge on any atom is 0.268 e. The molecule has 180 valence electrons. The fourth-order valence-corrected chi connectivity index (χ4v) is 5.42. The van der Waals surface area contributed by atoms with Crippen LogP contribution in [0.25, 0.3) is 11.0 Å². The number of ether oxygens (including phenoxy) is 2. The van der Waals surface area contributed by atoms with Crippen LogP contribution in [0, 0.1) is 13.8 Å². The number of pyridine rings is 1. The van der Waals surface area contributed by atoms with Crippen molar-refractivity contribution >= 4 is 22.8 Å². The van der Waals surface area contributed by atoms with Gasteiger partial charge in [-0.1, -0.05) is 0 Å². The summed E-state index contributed by atoms with van der Waals surface area (Å²) in [5.74, 6) is 1.12. The van der Waals surface area contributed by atoms with Gasteiger partial charge in [0.25, 0.3) is 11.8 Å². The molecule has 1 atom stereocenters. The topological polar surface area (TPSA) is 89.6 Å². The Morgan fingerprint density at radius 2 is 2.06 bits per heavy atom. The van der Waals surface area contributed by atoms with Gasteiger partial charge in [-0.25, -0.2) is 4.52 Å². The Hall–Kier alpha value is -3.85. The third-order valence-corrected chi connectivity index (χ3v) is 7.43. The number of nitrogens with zero attached hydrogens (tertiary/aromatic N) is 4. The minimum absolute atomic E-state index is 0.0162. The molecule has 0 radical (unpaired) electrons. The van der Waals surface area contributed by atoms with Gasteiger partial charge in [-0.15, -0.1) is 0 Å². The van der Waals surface area contributed by atoms with E-state index in [2.05, 4.69) is 10.4 Å². The maximum absolute atomic E-state index is 13.5. The monoisotopic (exact) mass is 473 g/mol. The highest BCUT2D eigenvalue weighted by Crippen LogP contribution is 2.40. The zero-order chi connectivity index (χ0) is 24.3. The molecule has 4 aromatic heterocycles. The molecule has 1 spiro atoms. The Labute approximate surface area is 202 Å². The molecular formula is C26H27N5O4. The van der Waals surface area contributed by atoms with Crippen molar-refractivity contribution < 1.29 is 19.1 Å². The molecule has 2 fully saturated rings. The van der Waals surface area contributed by atoms with Gasteiger partial charge in [-0.05, 0) is 49.9 Å². The molecule has 6 rings (SSSR count). The molecule has 0 aliphatic carbocycles. The van der Waals surface area contributed by atoms with Crippen LogP contribution in [0.2, 0.25) is 0 Å². The van der Waals surface area contributed by atoms with E-state index in [-0.39, 0.29) is 17.4 Å². The van der Waals surface area contributed by atoms with Crippen molar-refractivity contribution in [3.05, 3.63) is 65.2 Å². The molecule has 9 heteroatoms. The van der Waals surface area contributed by atoms with Crippen LogP contribution in [0.5, 0.6) is 11.5 Å². The average molecular weight is 474 g/mol. The molecule has 2 aliphatic heterocycles. The Morgan fingerprint density at radius 3 is 2.77 bits per heavy atom. The molecule has 2 saturated heterocycles. The molecule has 2 aliphatic rings. The van der Waals surface area contributed by atoms with Gasteiger partial charge >= 0.3 is 0 Å². The number of carbonyl (C=O) groups is 2. The van der Waals surface area contributed by atoms with Crippen molar-refractivity contribution in [3.63, 3.8) is 0 Å². The largest absolute Gasteiger partial charge is 0.455 e. The highest BCUT2D eigenvalue weighted by molar-refractivity contribution is 5.99. The van der Waals surface area contributed by atoms with E-state index in [1.54, 1.807) is 30.0 Å². The fraction of sp³-hybridized carbons (Fsp3) is 0.346. The Kier molecular flexibility index (Phi) is 4.86. The first kappa shape index (κ1) is 21.7. The van der Waals surface area contributed by atoms with Crippen molar-refractivity contribution in [2.45, 2.75) is 32.2 Å². The van der Waals surface area contributed by atoms with Crippen LogP contribution in [0.3, 0.4) is 0 Å². The summed E-state index contributed by atoms with van der Waals surface area (Å²) in [6.45, 7) is 5.91. The second kappa shape index (κ2) is 7.84. The second-order valence-corrected chi connectivity index (χ2v) is 9.40. The molecule has 2 amide bonds. The molecule has 6 heterocycles. The number of aryl methyl sites for hydroxylation is 2. The molecule has 0 aromatic carbocycles. The summed E-state index contributed by atoms with van der Waals surface area (Å²) < 4.78 is 15.4. The SMILES string of the molecule is CNC(=O)c1c(C)cc2cc(Oc3ccnn4cc(C(=O)N5CCC56CCOC6)c(C)c34)ccn12. The van der Waals surface area contributed by atoms with Gasteiger partial charge in [-0.3, -0.25) is 9.59 Å². The van der Waals surface area contributed by atoms with E-state index in [1.165, 1.54) is 0 Å². The fourth-order valence-electron chi connectivity index (χ4n) is 5.42. The zero-order valence-corrected chi connectivity index (χ0v) is 20.0. The second-order valence-electron chi connectivity index (χ2n) is 9.40. The lowest BCUT2D eigenvalue weighted by molar-refractivity contribution is -0.00799. The Bertz CT molecular complexity index is 1490. The van der Waals surface area contributed by atoms with Crippen LogP contribution < -0.4 is 10.1 Å². The van der Waals surface area contributed by atoms with Crippen LogP contribution in [-0.2, 0) is 4.74 Å². The molecular weight excluding hydrogens is 446 g/mol. The minimum atomic E-state index is -0.150. The number of rotatable bonds is 4. The van der Waals surface area contributed by atoms with Crippen molar-refractivity contribution in [2.75, 3.05) is 26.8 Å². The molecule has 0 saturated carbocycles. The summed E-state index contributed by atoms with van der Waals surface area (Å²) in [6, 6.07) is 7.47. The predicted molar refractivity (Wildman–Crippen MR) is 129 cm³/mol. The van der Waals surface area contributed by atoms with Crippen LogP contribution in [0.4, 0.5) is 0 Å². The maximum atomic E-state index is 13.5. The van der Waals surface area contributed by atoms with E-state index in [1.807, 2.05) is 47.5 Å². The van der Waals surface area contributed by atoms with Gasteiger partial charge in [0.2, 0.25) is 0 Å². The van der Waals surface area contributed by atoms with E-state index < -0.39 is 0 Å². The number of likely N-dealkylation sites (tertiary alicyclic amines) is 1. The minimum Gasteiger partial charge on any atom is -0.455 e. The Balaban J connectivity index is 1.34. The first-order valence-electron chi connectivity index (χ1n) is 11.8. The molecule has 9 nitrogen and oxygen atoms in total. The van der Waals surface area contributed by atoms with Crippen molar-refractivity contribution in [1.82, 2.24) is 24.2 Å². The average Bonchev–Trinajstić information content (AvgIpc) is 3.54. The lowest BCUT2D eigenvalue weighted by Gasteiger charge is -2.49. The summed E-state index contributed by atoms with van der Waals surface area (Å²) >= 11 is 0. The van der Waals surface area contributed by atoms with E-state index in [0.717, 1.165) is 41.5 Å². The quantitative estimate of drug-likeness (QED) is 0.491. The standard InChI is InChI=1S/C26H27N5O4/c1-16-12-18-13-19(5-9-29(18)22(16)24(32)27-3)35-21-4-8-28-31-14-20(17(2)23(21)31)25(33)30-10-6-26(30)7-11-34-15-26/h4-5,8-9,12-14H,6-7,10-11,15H2,1-3H3,(H,27,32). The third kappa shape index (κ3) is 3.22. The van der Waals surface area contributed by atoms with Crippen molar-refractivity contribution in [1.29, 1.82) is 0 Å². The number of hydrogen-bond acceptors (Lipinski definition) is 5. The smallest absolute Gasteiger partial charge is 0.268 e. The number of hydrogen-bond donors (Lipinski definition) is 1. The van der Waals surface area contributed by atoms with E-state index in [9.17, 15) is 9.59 Å². The van der Waals surface area contributed by atoms with Gasteiger partial charge in [0.1, 0.15) is 17.0 Å². The molecule has 1 N–H and O–H groups in total. The van der Waals surface area contributed by atoms with Crippen LogP contribution in [0.1, 0.15) is 44.8 Å². The van der Waals surface area contributed by atoms with Gasteiger partial charge in [-0.2, -0.15) is 5.10 Å². The zero-order valence-electron chi connectivity index (χ0n) is 20.0. The van der Waals surface area contributed by atoms with Crippen LogP contribution >= 0.6 is 0 Å². The molecule has 0 bridgehead atoms. The van der Waals surface area contributed by atoms with Gasteiger partial charge < -0.3 is 24.1 Å². The number of amides is 2. The highest BCUT2D eigenvalue weighted by atomic mass is 16.5. The normalized spacial score (nSPS) is 19.5. The Morgan fingerprint density at radius 1 is 1.20 bits per heavy atom. The number of aromatic nitrogens is 3. The summed E-state index contributed by atoms with van der Waals surface area (Å²) in [4.78, 5) is 27.7. The predicted octanol–water partition coefficient (Wildman–Crippen LogP) is 3.36. The van der Waals surface area contributed by atoms with E-state index in [0.29, 0.717) is 36.0 Å². The molecule has 4 aromatic rings. The number of nitrogens with one attached hydrogen (secondary N) is 1. The van der Waals surface area contributed by atoms with Crippen LogP contribution in [-0.4, -0.2) is 63.1 Å². The highest BCUT2D eigenvalue weighted by Gasteiger charge is 2.50. The summed E-state index contributed by atoms with van der Waals surface area (Å²) in [7, 11) is 1.62. The molecule has 35 heavy (non-hydrogen) atoms. The van der Waals surface area contributed by atoms with Crippen molar-refractivity contribution in [3.8, 4) is 11.5 Å². The van der Waals surface area contributed by atoms with Gasteiger partial charge in [0.05, 0.1) is 23.9 Å². The number of fused-ring (bicyclic) bond motifs is 2. The first-order valence-corrected chi connectivity index (χ1v) is 11.8. The lowest BCUT2D eigenvalue weighted by atomic mass is 9.83. The van der Waals surface area contributed by atoms with Gasteiger partial charge in [0.15, 0.2) is 5.75 Å².